The Kier molecular flexibility index (Phi) is 5.85. The van der Waals surface area contributed by atoms with Crippen LogP contribution in [0.3, 0.4) is 0 Å². The number of hydrogen-bond acceptors (Lipinski definition) is 4. The predicted octanol–water partition coefficient (Wildman–Crippen LogP) is 3.23. The highest BCUT2D eigenvalue weighted by molar-refractivity contribution is 7.89. The highest BCUT2D eigenvalue weighted by Gasteiger charge is 2.17. The molecule has 0 radical (unpaired) electrons. The molecule has 0 amide bonds. The molecule has 0 spiro atoms. The van der Waals surface area contributed by atoms with Crippen LogP contribution < -0.4 is 10.0 Å². The molecule has 156 valence electrons. The molecule has 2 aromatic heterocycles. The van der Waals surface area contributed by atoms with E-state index in [1.807, 2.05) is 19.1 Å². The molecule has 0 aliphatic rings. The van der Waals surface area contributed by atoms with Crippen LogP contribution in [0.1, 0.15) is 12.5 Å². The molecular formula is C23H26N4O2S. The van der Waals surface area contributed by atoms with Crippen molar-refractivity contribution in [3.63, 3.8) is 0 Å². The summed E-state index contributed by atoms with van der Waals surface area (Å²) < 4.78 is 30.4. The molecule has 2 aromatic carbocycles. The molecule has 0 aliphatic carbocycles. The number of benzene rings is 2. The maximum absolute atomic E-state index is 12.7. The van der Waals surface area contributed by atoms with Gasteiger partial charge in [-0.2, -0.15) is 0 Å². The Morgan fingerprint density at radius 3 is 2.80 bits per heavy atom. The highest BCUT2D eigenvalue weighted by atomic mass is 32.2. The zero-order valence-electron chi connectivity index (χ0n) is 17.2. The van der Waals surface area contributed by atoms with E-state index in [9.17, 15) is 8.42 Å². The van der Waals surface area contributed by atoms with Crippen LogP contribution in [-0.2, 0) is 23.5 Å². The topological polar surface area (TPSA) is 76.0 Å². The summed E-state index contributed by atoms with van der Waals surface area (Å²) >= 11 is 0. The van der Waals surface area contributed by atoms with Gasteiger partial charge in [0, 0.05) is 54.5 Å². The number of sulfonamides is 1. The van der Waals surface area contributed by atoms with Crippen LogP contribution in [-0.4, -0.2) is 37.1 Å². The number of rotatable bonds is 8. The lowest BCUT2D eigenvalue weighted by atomic mass is 10.1. The van der Waals surface area contributed by atoms with E-state index >= 15 is 0 Å². The van der Waals surface area contributed by atoms with Gasteiger partial charge in [0.25, 0.3) is 0 Å². The summed E-state index contributed by atoms with van der Waals surface area (Å²) in [6.07, 6.45) is 6.43. The second kappa shape index (κ2) is 8.55. The van der Waals surface area contributed by atoms with Crippen molar-refractivity contribution in [2.24, 2.45) is 7.05 Å². The lowest BCUT2D eigenvalue weighted by Crippen LogP contribution is -2.40. The van der Waals surface area contributed by atoms with Crippen molar-refractivity contribution >= 4 is 31.7 Å². The van der Waals surface area contributed by atoms with Gasteiger partial charge >= 0.3 is 0 Å². The minimum Gasteiger partial charge on any atom is -0.350 e. The van der Waals surface area contributed by atoms with E-state index in [0.29, 0.717) is 6.54 Å². The summed E-state index contributed by atoms with van der Waals surface area (Å²) in [5.74, 6) is 0. The van der Waals surface area contributed by atoms with Gasteiger partial charge in [-0.05, 0) is 55.1 Å². The fourth-order valence-corrected chi connectivity index (χ4v) is 5.05. The number of nitrogens with one attached hydrogen (secondary N) is 2. The number of aromatic nitrogens is 2. The maximum atomic E-state index is 12.7. The van der Waals surface area contributed by atoms with Crippen molar-refractivity contribution in [2.75, 3.05) is 13.1 Å². The van der Waals surface area contributed by atoms with Crippen LogP contribution >= 0.6 is 0 Å². The number of nitrogens with zero attached hydrogens (tertiary/aromatic N) is 2. The van der Waals surface area contributed by atoms with E-state index in [0.717, 1.165) is 23.7 Å². The zero-order valence-corrected chi connectivity index (χ0v) is 18.0. The molecule has 0 fully saturated rings. The molecule has 0 aliphatic heterocycles. The van der Waals surface area contributed by atoms with Gasteiger partial charge in [-0.1, -0.05) is 24.3 Å². The number of hydrogen-bond donors (Lipinski definition) is 2. The molecule has 4 aromatic rings. The first-order valence-electron chi connectivity index (χ1n) is 10.0. The molecule has 2 N–H and O–H groups in total. The van der Waals surface area contributed by atoms with Gasteiger partial charge in [0.05, 0.1) is 4.90 Å². The number of para-hydroxylation sites is 1. The molecule has 7 heteroatoms. The molecule has 0 saturated heterocycles. The molecule has 1 unspecified atom stereocenters. The second-order valence-corrected chi connectivity index (χ2v) is 9.36. The van der Waals surface area contributed by atoms with Crippen LogP contribution in [0.15, 0.2) is 72.0 Å². The van der Waals surface area contributed by atoms with Gasteiger partial charge in [0.15, 0.2) is 0 Å². The van der Waals surface area contributed by atoms with Gasteiger partial charge in [0.2, 0.25) is 10.0 Å². The normalized spacial score (nSPS) is 13.1. The Hall–Kier alpha value is -2.74. The SMILES string of the molecule is CC(CNCCc1cn(C)c2ccccc12)NS(=O)(=O)c1ccc2cnccc2c1. The third kappa shape index (κ3) is 4.38. The van der Waals surface area contributed by atoms with Crippen molar-refractivity contribution in [3.8, 4) is 0 Å². The van der Waals surface area contributed by atoms with Gasteiger partial charge in [-0.3, -0.25) is 4.98 Å². The molecule has 2 heterocycles. The summed E-state index contributed by atoms with van der Waals surface area (Å²) in [5, 5.41) is 6.40. The number of aryl methyl sites for hydroxylation is 1. The van der Waals surface area contributed by atoms with Crippen molar-refractivity contribution < 1.29 is 8.42 Å². The van der Waals surface area contributed by atoms with Crippen LogP contribution in [0.2, 0.25) is 0 Å². The van der Waals surface area contributed by atoms with E-state index < -0.39 is 10.0 Å². The van der Waals surface area contributed by atoms with Gasteiger partial charge in [-0.15, -0.1) is 0 Å². The molecule has 30 heavy (non-hydrogen) atoms. The summed E-state index contributed by atoms with van der Waals surface area (Å²) in [6, 6.07) is 15.0. The average molecular weight is 423 g/mol. The maximum Gasteiger partial charge on any atom is 0.240 e. The lowest BCUT2D eigenvalue weighted by molar-refractivity contribution is 0.537. The zero-order chi connectivity index (χ0) is 21.1. The average Bonchev–Trinajstić information content (AvgIpc) is 3.06. The summed E-state index contributed by atoms with van der Waals surface area (Å²) in [5.41, 5.74) is 2.51. The third-order valence-electron chi connectivity index (χ3n) is 5.28. The van der Waals surface area contributed by atoms with Crippen molar-refractivity contribution in [1.82, 2.24) is 19.6 Å². The number of fused-ring (bicyclic) bond motifs is 2. The Morgan fingerprint density at radius 1 is 1.10 bits per heavy atom. The summed E-state index contributed by atoms with van der Waals surface area (Å²) in [6.45, 7) is 3.21. The molecule has 4 rings (SSSR count). The molecule has 0 bridgehead atoms. The summed E-state index contributed by atoms with van der Waals surface area (Å²) in [7, 11) is -1.52. The van der Waals surface area contributed by atoms with Gasteiger partial charge in [0.1, 0.15) is 0 Å². The first kappa shape index (κ1) is 20.5. The van der Waals surface area contributed by atoms with E-state index in [1.165, 1.54) is 16.5 Å². The minimum atomic E-state index is -3.58. The standard InChI is InChI=1S/C23H26N4O2S/c1-17(14-24-12-10-20-16-27(2)23-6-4-3-5-22(20)23)26-30(28,29)21-8-7-19-15-25-11-9-18(19)13-21/h3-9,11,13,15-17,24,26H,10,12,14H2,1-2H3. The smallest absolute Gasteiger partial charge is 0.240 e. The predicted molar refractivity (Wildman–Crippen MR) is 121 cm³/mol. The number of pyridine rings is 1. The van der Waals surface area contributed by atoms with Crippen molar-refractivity contribution in [3.05, 3.63) is 72.7 Å². The van der Waals surface area contributed by atoms with Crippen LogP contribution in [0.5, 0.6) is 0 Å². The molecule has 1 atom stereocenters. The van der Waals surface area contributed by atoms with E-state index in [1.54, 1.807) is 30.6 Å². The highest BCUT2D eigenvalue weighted by Crippen LogP contribution is 2.20. The first-order chi connectivity index (χ1) is 14.4. The Bertz CT molecular complexity index is 1280. The Morgan fingerprint density at radius 2 is 1.93 bits per heavy atom. The van der Waals surface area contributed by atoms with Gasteiger partial charge in [-0.25, -0.2) is 13.1 Å². The Balaban J connectivity index is 1.33. The fourth-order valence-electron chi connectivity index (χ4n) is 3.77. The van der Waals surface area contributed by atoms with Crippen molar-refractivity contribution in [2.45, 2.75) is 24.3 Å². The Labute approximate surface area is 177 Å². The third-order valence-corrected chi connectivity index (χ3v) is 6.87. The van der Waals surface area contributed by atoms with E-state index in [-0.39, 0.29) is 10.9 Å². The molecule has 6 nitrogen and oxygen atoms in total. The van der Waals surface area contributed by atoms with Crippen molar-refractivity contribution in [1.29, 1.82) is 0 Å². The van der Waals surface area contributed by atoms with E-state index in [4.69, 9.17) is 0 Å². The quantitative estimate of drug-likeness (QED) is 0.428. The largest absolute Gasteiger partial charge is 0.350 e. The van der Waals surface area contributed by atoms with Gasteiger partial charge < -0.3 is 9.88 Å². The van der Waals surface area contributed by atoms with Crippen LogP contribution in [0.25, 0.3) is 21.7 Å². The lowest BCUT2D eigenvalue weighted by Gasteiger charge is -2.15. The van der Waals surface area contributed by atoms with E-state index in [2.05, 4.69) is 51.0 Å². The van der Waals surface area contributed by atoms with Crippen LogP contribution in [0, 0.1) is 0 Å². The first-order valence-corrected chi connectivity index (χ1v) is 11.5. The van der Waals surface area contributed by atoms with Crippen LogP contribution in [0.4, 0.5) is 0 Å². The second-order valence-electron chi connectivity index (χ2n) is 7.64. The minimum absolute atomic E-state index is 0.226. The monoisotopic (exact) mass is 422 g/mol. The fraction of sp³-hybridized carbons (Fsp3) is 0.261. The molecular weight excluding hydrogens is 396 g/mol. The molecule has 0 saturated carbocycles. The summed E-state index contributed by atoms with van der Waals surface area (Å²) in [4.78, 5) is 4.33.